The van der Waals surface area contributed by atoms with E-state index >= 15 is 0 Å². The van der Waals surface area contributed by atoms with E-state index in [9.17, 15) is 13.2 Å². The van der Waals surface area contributed by atoms with Gasteiger partial charge in [0.15, 0.2) is 9.46 Å². The SMILES string of the molecule is O=CNc1ccc(-c2ccc(S(=O)(=O)P)cc2)cc1. The number of hydrogen-bond donors (Lipinski definition) is 1. The zero-order valence-corrected chi connectivity index (χ0v) is 11.9. The molecule has 1 N–H and O–H groups in total. The second kappa shape index (κ2) is 5.51. The minimum atomic E-state index is -3.25. The molecule has 0 aliphatic heterocycles. The minimum absolute atomic E-state index is 0.264. The van der Waals surface area contributed by atoms with Crippen LogP contribution < -0.4 is 5.32 Å². The Bertz CT molecular complexity index is 679. The van der Waals surface area contributed by atoms with Gasteiger partial charge in [-0.25, -0.2) is 8.42 Å². The molecule has 0 radical (unpaired) electrons. The highest BCUT2D eigenvalue weighted by Crippen LogP contribution is 2.24. The second-order valence-electron chi connectivity index (χ2n) is 3.91. The van der Waals surface area contributed by atoms with Gasteiger partial charge in [0.2, 0.25) is 6.41 Å². The fourth-order valence-corrected chi connectivity index (χ4v) is 2.65. The predicted molar refractivity (Wildman–Crippen MR) is 78.5 cm³/mol. The number of hydrogen-bond acceptors (Lipinski definition) is 3. The van der Waals surface area contributed by atoms with E-state index < -0.39 is 9.46 Å². The molecule has 19 heavy (non-hydrogen) atoms. The smallest absolute Gasteiger partial charge is 0.211 e. The Labute approximate surface area is 113 Å². The maximum absolute atomic E-state index is 11.3. The summed E-state index contributed by atoms with van der Waals surface area (Å²) in [5, 5.41) is 2.55. The predicted octanol–water partition coefficient (Wildman–Crippen LogP) is 2.49. The van der Waals surface area contributed by atoms with Crippen molar-refractivity contribution >= 4 is 30.0 Å². The van der Waals surface area contributed by atoms with Crippen molar-refractivity contribution in [2.75, 3.05) is 5.32 Å². The molecule has 0 saturated carbocycles. The maximum atomic E-state index is 11.3. The van der Waals surface area contributed by atoms with Crippen LogP contribution in [0.4, 0.5) is 5.69 Å². The topological polar surface area (TPSA) is 63.2 Å². The normalized spacial score (nSPS) is 11.0. The summed E-state index contributed by atoms with van der Waals surface area (Å²) in [5.41, 5.74) is 2.57. The van der Waals surface area contributed by atoms with Gasteiger partial charge in [0.05, 0.1) is 4.90 Å². The zero-order valence-electron chi connectivity index (χ0n) is 9.91. The Balaban J connectivity index is 2.29. The van der Waals surface area contributed by atoms with Crippen LogP contribution in [-0.4, -0.2) is 14.8 Å². The van der Waals surface area contributed by atoms with Crippen molar-refractivity contribution in [3.8, 4) is 11.1 Å². The summed E-state index contributed by atoms with van der Waals surface area (Å²) in [6.07, 6.45) is 0.619. The average Bonchev–Trinajstić information content (AvgIpc) is 2.39. The van der Waals surface area contributed by atoms with Gasteiger partial charge >= 0.3 is 0 Å². The second-order valence-corrected chi connectivity index (χ2v) is 7.33. The molecule has 2 rings (SSSR count). The number of amides is 1. The standard InChI is InChI=1S/C13H12NO3PS/c15-9-14-12-5-1-10(2-6-12)11-3-7-13(8-4-11)19(16,17)18/h1-9H,18H2,(H,14,15). The van der Waals surface area contributed by atoms with Gasteiger partial charge in [-0.15, -0.1) is 0 Å². The molecule has 98 valence electrons. The highest BCUT2D eigenvalue weighted by atomic mass is 32.7. The van der Waals surface area contributed by atoms with Crippen LogP contribution in [0, 0.1) is 0 Å². The van der Waals surface area contributed by atoms with Gasteiger partial charge in [-0.1, -0.05) is 24.3 Å². The van der Waals surface area contributed by atoms with Crippen molar-refractivity contribution in [3.05, 3.63) is 48.5 Å². The molecular formula is C13H12NO3PS. The van der Waals surface area contributed by atoms with E-state index in [2.05, 4.69) is 5.32 Å². The molecule has 0 spiro atoms. The third-order valence-electron chi connectivity index (χ3n) is 2.63. The van der Waals surface area contributed by atoms with Crippen LogP contribution in [0.15, 0.2) is 53.4 Å². The van der Waals surface area contributed by atoms with E-state index in [0.717, 1.165) is 11.1 Å². The number of carbonyl (C=O) groups is 1. The number of carbonyl (C=O) groups excluding carboxylic acids is 1. The fourth-order valence-electron chi connectivity index (χ4n) is 1.66. The van der Waals surface area contributed by atoms with E-state index in [4.69, 9.17) is 0 Å². The number of rotatable bonds is 4. The van der Waals surface area contributed by atoms with Gasteiger partial charge in [0, 0.05) is 5.69 Å². The molecule has 0 fully saturated rings. The monoisotopic (exact) mass is 293 g/mol. The lowest BCUT2D eigenvalue weighted by molar-refractivity contribution is -0.105. The maximum Gasteiger partial charge on any atom is 0.211 e. The molecule has 0 bridgehead atoms. The number of nitrogens with one attached hydrogen (secondary N) is 1. The first-order valence-electron chi connectivity index (χ1n) is 5.44. The fraction of sp³-hybridized carbons (Fsp3) is 0. The first-order valence-corrected chi connectivity index (χ1v) is 8.40. The number of benzene rings is 2. The third kappa shape index (κ3) is 3.40. The van der Waals surface area contributed by atoms with Crippen molar-refractivity contribution in [2.24, 2.45) is 0 Å². The van der Waals surface area contributed by atoms with Crippen molar-refractivity contribution in [1.82, 2.24) is 0 Å². The van der Waals surface area contributed by atoms with Crippen molar-refractivity contribution < 1.29 is 13.2 Å². The highest BCUT2D eigenvalue weighted by molar-refractivity contribution is 8.37. The van der Waals surface area contributed by atoms with Crippen LogP contribution in [-0.2, 0) is 14.3 Å². The van der Waals surface area contributed by atoms with Gasteiger partial charge in [0.25, 0.3) is 0 Å². The number of anilines is 1. The van der Waals surface area contributed by atoms with Gasteiger partial charge in [0.1, 0.15) is 0 Å². The summed E-state index contributed by atoms with van der Waals surface area (Å²) in [5.74, 6) is 0. The molecule has 0 aliphatic carbocycles. The van der Waals surface area contributed by atoms with Crippen molar-refractivity contribution in [1.29, 1.82) is 0 Å². The van der Waals surface area contributed by atoms with E-state index in [-0.39, 0.29) is 4.90 Å². The van der Waals surface area contributed by atoms with Gasteiger partial charge in [-0.3, -0.25) is 4.79 Å². The summed E-state index contributed by atoms with van der Waals surface area (Å²) >= 11 is 0. The Hall–Kier alpha value is -1.71. The summed E-state index contributed by atoms with van der Waals surface area (Å²) in [6.45, 7) is 0. The van der Waals surface area contributed by atoms with Gasteiger partial charge in [-0.05, 0) is 43.8 Å². The van der Waals surface area contributed by atoms with Crippen LogP contribution in [0.3, 0.4) is 0 Å². The Morgan fingerprint density at radius 3 is 1.79 bits per heavy atom. The van der Waals surface area contributed by atoms with E-state index in [0.29, 0.717) is 12.1 Å². The van der Waals surface area contributed by atoms with E-state index in [1.807, 2.05) is 20.6 Å². The zero-order chi connectivity index (χ0) is 13.9. The van der Waals surface area contributed by atoms with Crippen LogP contribution >= 0.6 is 8.44 Å². The minimum Gasteiger partial charge on any atom is -0.329 e. The summed E-state index contributed by atoms with van der Waals surface area (Å²) in [6, 6.07) is 13.9. The molecule has 1 unspecified atom stereocenters. The van der Waals surface area contributed by atoms with Gasteiger partial charge in [-0.2, -0.15) is 0 Å². The van der Waals surface area contributed by atoms with Crippen LogP contribution in [0.25, 0.3) is 11.1 Å². The molecule has 0 saturated heterocycles. The van der Waals surface area contributed by atoms with Crippen molar-refractivity contribution in [3.63, 3.8) is 0 Å². The largest absolute Gasteiger partial charge is 0.329 e. The summed E-state index contributed by atoms with van der Waals surface area (Å²) in [4.78, 5) is 10.6. The third-order valence-corrected chi connectivity index (χ3v) is 4.37. The molecule has 6 heteroatoms. The molecule has 0 heterocycles. The Morgan fingerprint density at radius 2 is 1.37 bits per heavy atom. The molecule has 0 aliphatic rings. The van der Waals surface area contributed by atoms with Gasteiger partial charge < -0.3 is 5.32 Å². The quantitative estimate of drug-likeness (QED) is 0.696. The summed E-state index contributed by atoms with van der Waals surface area (Å²) in [7, 11) is -1.42. The van der Waals surface area contributed by atoms with Crippen LogP contribution in [0.5, 0.6) is 0 Å². The Kier molecular flexibility index (Phi) is 3.98. The first-order chi connectivity index (χ1) is 9.00. The molecule has 1 atom stereocenters. The molecule has 0 aromatic heterocycles. The lowest BCUT2D eigenvalue weighted by Gasteiger charge is -2.04. The van der Waals surface area contributed by atoms with E-state index in [1.54, 1.807) is 36.4 Å². The molecule has 4 nitrogen and oxygen atoms in total. The molecule has 2 aromatic rings. The van der Waals surface area contributed by atoms with Crippen molar-refractivity contribution in [2.45, 2.75) is 4.90 Å². The summed E-state index contributed by atoms with van der Waals surface area (Å²) < 4.78 is 22.6. The average molecular weight is 293 g/mol. The lowest BCUT2D eigenvalue weighted by atomic mass is 10.1. The van der Waals surface area contributed by atoms with E-state index in [1.165, 1.54) is 0 Å². The molecule has 2 aromatic carbocycles. The Morgan fingerprint density at radius 1 is 0.895 bits per heavy atom. The highest BCUT2D eigenvalue weighted by Gasteiger charge is 2.06. The molecule has 1 amide bonds. The van der Waals surface area contributed by atoms with Crippen LogP contribution in [0.1, 0.15) is 0 Å². The molecular weight excluding hydrogens is 281 g/mol. The first kappa shape index (κ1) is 13.7. The van der Waals surface area contributed by atoms with Crippen LogP contribution in [0.2, 0.25) is 0 Å². The lowest BCUT2D eigenvalue weighted by Crippen LogP contribution is -1.93.